The van der Waals surface area contributed by atoms with Crippen molar-refractivity contribution in [2.45, 2.75) is 33.2 Å². The van der Waals surface area contributed by atoms with Gasteiger partial charge in [-0.2, -0.15) is 11.8 Å². The van der Waals surface area contributed by atoms with Gasteiger partial charge in [0.2, 0.25) is 0 Å². The number of benzene rings is 1. The lowest BCUT2D eigenvalue weighted by molar-refractivity contribution is 0.0939. The topological polar surface area (TPSA) is 29.1 Å². The molecule has 0 aliphatic carbocycles. The van der Waals surface area contributed by atoms with Crippen LogP contribution in [-0.4, -0.2) is 23.5 Å². The summed E-state index contributed by atoms with van der Waals surface area (Å²) in [7, 11) is 0. The minimum atomic E-state index is -0.309. The van der Waals surface area contributed by atoms with Crippen molar-refractivity contribution in [2.24, 2.45) is 0 Å². The number of amides is 1. The zero-order valence-electron chi connectivity index (χ0n) is 11.1. The van der Waals surface area contributed by atoms with E-state index in [2.05, 4.69) is 12.2 Å². The van der Waals surface area contributed by atoms with Gasteiger partial charge in [0, 0.05) is 11.6 Å². The van der Waals surface area contributed by atoms with E-state index in [-0.39, 0.29) is 17.8 Å². The zero-order valence-corrected chi connectivity index (χ0v) is 11.9. The first kappa shape index (κ1) is 15.0. The lowest BCUT2D eigenvalue weighted by atomic mass is 10.1. The molecule has 1 aromatic carbocycles. The molecule has 0 heterocycles. The van der Waals surface area contributed by atoms with Crippen LogP contribution in [0.4, 0.5) is 4.39 Å². The highest BCUT2D eigenvalue weighted by Gasteiger charge is 2.12. The predicted molar refractivity (Wildman–Crippen MR) is 75.7 cm³/mol. The van der Waals surface area contributed by atoms with E-state index in [1.54, 1.807) is 6.92 Å². The molecule has 0 radical (unpaired) electrons. The Balaban J connectivity index is 2.54. The van der Waals surface area contributed by atoms with E-state index >= 15 is 0 Å². The Morgan fingerprint density at radius 2 is 2.22 bits per heavy atom. The van der Waals surface area contributed by atoms with Gasteiger partial charge in [0.15, 0.2) is 0 Å². The molecule has 1 N–H and O–H groups in total. The summed E-state index contributed by atoms with van der Waals surface area (Å²) < 4.78 is 12.9. The summed E-state index contributed by atoms with van der Waals surface area (Å²) in [6.07, 6.45) is 0.949. The molecule has 0 saturated carbocycles. The molecule has 0 aromatic heterocycles. The Morgan fingerprint density at radius 1 is 1.50 bits per heavy atom. The average molecular weight is 269 g/mol. The number of carbonyl (C=O) groups is 1. The smallest absolute Gasteiger partial charge is 0.251 e. The first-order valence-corrected chi connectivity index (χ1v) is 7.34. The highest BCUT2D eigenvalue weighted by atomic mass is 32.2. The van der Waals surface area contributed by atoms with Crippen LogP contribution in [0.2, 0.25) is 0 Å². The number of thioether (sulfide) groups is 1. The van der Waals surface area contributed by atoms with E-state index in [0.29, 0.717) is 11.1 Å². The summed E-state index contributed by atoms with van der Waals surface area (Å²) in [6, 6.07) is 4.38. The maximum absolute atomic E-state index is 12.9. The summed E-state index contributed by atoms with van der Waals surface area (Å²) in [4.78, 5) is 12.0. The van der Waals surface area contributed by atoms with Crippen molar-refractivity contribution >= 4 is 17.7 Å². The first-order chi connectivity index (χ1) is 8.54. The second-order valence-electron chi connectivity index (χ2n) is 4.32. The summed E-state index contributed by atoms with van der Waals surface area (Å²) in [5.74, 6) is 1.70. The van der Waals surface area contributed by atoms with Gasteiger partial charge in [-0.3, -0.25) is 4.79 Å². The summed E-state index contributed by atoms with van der Waals surface area (Å²) in [5, 5.41) is 2.94. The van der Waals surface area contributed by atoms with Gasteiger partial charge >= 0.3 is 0 Å². The fraction of sp³-hybridized carbons (Fsp3) is 0.500. The normalized spacial score (nSPS) is 12.2. The van der Waals surface area contributed by atoms with Crippen LogP contribution in [0.15, 0.2) is 18.2 Å². The number of nitrogens with one attached hydrogen (secondary N) is 1. The Labute approximate surface area is 112 Å². The zero-order chi connectivity index (χ0) is 13.5. The van der Waals surface area contributed by atoms with Gasteiger partial charge in [-0.05, 0) is 55.5 Å². The highest BCUT2D eigenvalue weighted by molar-refractivity contribution is 7.99. The lowest BCUT2D eigenvalue weighted by Crippen LogP contribution is -2.33. The van der Waals surface area contributed by atoms with Gasteiger partial charge < -0.3 is 5.32 Å². The Hall–Kier alpha value is -1.03. The SMILES string of the molecule is CCSCCC(C)NC(=O)c1ccc(F)cc1C. The van der Waals surface area contributed by atoms with Crippen LogP contribution in [-0.2, 0) is 0 Å². The van der Waals surface area contributed by atoms with Gasteiger partial charge in [0.25, 0.3) is 5.91 Å². The monoisotopic (exact) mass is 269 g/mol. The lowest BCUT2D eigenvalue weighted by Gasteiger charge is -2.14. The third kappa shape index (κ3) is 4.69. The Bertz CT molecular complexity index is 409. The summed E-state index contributed by atoms with van der Waals surface area (Å²) >= 11 is 1.86. The van der Waals surface area contributed by atoms with Crippen LogP contribution < -0.4 is 5.32 Å². The van der Waals surface area contributed by atoms with E-state index in [1.807, 2.05) is 18.7 Å². The highest BCUT2D eigenvalue weighted by Crippen LogP contribution is 2.11. The molecule has 2 nitrogen and oxygen atoms in total. The number of aryl methyl sites for hydroxylation is 1. The fourth-order valence-electron chi connectivity index (χ4n) is 1.66. The molecular formula is C14H20FNOS. The summed E-state index contributed by atoms with van der Waals surface area (Å²) in [5.41, 5.74) is 1.22. The van der Waals surface area contributed by atoms with Gasteiger partial charge in [-0.15, -0.1) is 0 Å². The third-order valence-electron chi connectivity index (χ3n) is 2.71. The summed E-state index contributed by atoms with van der Waals surface area (Å²) in [6.45, 7) is 5.86. The molecule has 0 saturated heterocycles. The van der Waals surface area contributed by atoms with E-state index in [9.17, 15) is 9.18 Å². The molecule has 0 bridgehead atoms. The number of rotatable bonds is 6. The maximum atomic E-state index is 12.9. The fourth-order valence-corrected chi connectivity index (χ4v) is 2.47. The largest absolute Gasteiger partial charge is 0.350 e. The Morgan fingerprint density at radius 3 is 2.83 bits per heavy atom. The minimum Gasteiger partial charge on any atom is -0.350 e. The van der Waals surface area contributed by atoms with Crippen molar-refractivity contribution in [3.63, 3.8) is 0 Å². The second-order valence-corrected chi connectivity index (χ2v) is 5.71. The van der Waals surface area contributed by atoms with Crippen LogP contribution in [0, 0.1) is 12.7 Å². The van der Waals surface area contributed by atoms with Crippen LogP contribution in [0.5, 0.6) is 0 Å². The number of hydrogen-bond acceptors (Lipinski definition) is 2. The molecule has 1 aromatic rings. The maximum Gasteiger partial charge on any atom is 0.251 e. The second kappa shape index (κ2) is 7.41. The van der Waals surface area contributed by atoms with Gasteiger partial charge in [0.1, 0.15) is 5.82 Å². The average Bonchev–Trinajstić information content (AvgIpc) is 2.28. The molecule has 18 heavy (non-hydrogen) atoms. The molecule has 4 heteroatoms. The van der Waals surface area contributed by atoms with Crippen LogP contribution in [0.25, 0.3) is 0 Å². The molecule has 100 valence electrons. The van der Waals surface area contributed by atoms with Crippen molar-refractivity contribution in [1.29, 1.82) is 0 Å². The Kier molecular flexibility index (Phi) is 6.19. The molecule has 0 spiro atoms. The van der Waals surface area contributed by atoms with Gasteiger partial charge in [-0.1, -0.05) is 6.92 Å². The molecule has 0 fully saturated rings. The molecule has 1 atom stereocenters. The van der Waals surface area contributed by atoms with Crippen molar-refractivity contribution in [3.05, 3.63) is 35.1 Å². The molecule has 0 aliphatic heterocycles. The van der Waals surface area contributed by atoms with E-state index in [0.717, 1.165) is 17.9 Å². The van der Waals surface area contributed by atoms with Crippen molar-refractivity contribution in [2.75, 3.05) is 11.5 Å². The number of hydrogen-bond donors (Lipinski definition) is 1. The van der Waals surface area contributed by atoms with Crippen LogP contribution >= 0.6 is 11.8 Å². The molecule has 0 aliphatic rings. The van der Waals surface area contributed by atoms with E-state index in [1.165, 1.54) is 18.2 Å². The third-order valence-corrected chi connectivity index (χ3v) is 3.64. The van der Waals surface area contributed by atoms with Gasteiger partial charge in [-0.25, -0.2) is 4.39 Å². The number of carbonyl (C=O) groups excluding carboxylic acids is 1. The van der Waals surface area contributed by atoms with Gasteiger partial charge in [0.05, 0.1) is 0 Å². The van der Waals surface area contributed by atoms with Crippen molar-refractivity contribution < 1.29 is 9.18 Å². The standard InChI is InChI=1S/C14H20FNOS/c1-4-18-8-7-11(3)16-14(17)13-6-5-12(15)9-10(13)2/h5-6,9,11H,4,7-8H2,1-3H3,(H,16,17). The molecule has 1 rings (SSSR count). The minimum absolute atomic E-state index is 0.124. The quantitative estimate of drug-likeness (QED) is 0.802. The van der Waals surface area contributed by atoms with Crippen LogP contribution in [0.1, 0.15) is 36.2 Å². The first-order valence-electron chi connectivity index (χ1n) is 6.19. The van der Waals surface area contributed by atoms with E-state index in [4.69, 9.17) is 0 Å². The van der Waals surface area contributed by atoms with Crippen molar-refractivity contribution in [3.8, 4) is 0 Å². The van der Waals surface area contributed by atoms with Crippen LogP contribution in [0.3, 0.4) is 0 Å². The molecular weight excluding hydrogens is 249 g/mol. The number of halogens is 1. The van der Waals surface area contributed by atoms with Crippen molar-refractivity contribution in [1.82, 2.24) is 5.32 Å². The molecule has 1 unspecified atom stereocenters. The predicted octanol–water partition coefficient (Wildman–Crippen LogP) is 3.40. The van der Waals surface area contributed by atoms with E-state index < -0.39 is 0 Å². The molecule has 1 amide bonds.